The number of rotatable bonds is 9. The van der Waals surface area contributed by atoms with Crippen LogP contribution in [-0.4, -0.2) is 40.6 Å². The van der Waals surface area contributed by atoms with Gasteiger partial charge in [0.2, 0.25) is 5.52 Å². The zero-order valence-electron chi connectivity index (χ0n) is 17.4. The fourth-order valence-corrected chi connectivity index (χ4v) is 6.78. The lowest BCUT2D eigenvalue weighted by atomic mass is 10.3. The lowest BCUT2D eigenvalue weighted by Gasteiger charge is -2.19. The maximum absolute atomic E-state index is 11.4. The molecule has 0 radical (unpaired) electrons. The minimum Gasteiger partial charge on any atom is -0.334 e. The van der Waals surface area contributed by atoms with E-state index in [4.69, 9.17) is 31.9 Å². The summed E-state index contributed by atoms with van der Waals surface area (Å²) in [6.45, 7) is 0.659. The van der Waals surface area contributed by atoms with Crippen molar-refractivity contribution in [2.45, 2.75) is 17.9 Å². The summed E-state index contributed by atoms with van der Waals surface area (Å²) in [4.78, 5) is 2.74. The molecule has 1 aliphatic heterocycles. The first-order chi connectivity index (χ1) is 16.1. The lowest BCUT2D eigenvalue weighted by molar-refractivity contribution is -0.669. The highest BCUT2D eigenvalue weighted by atomic mass is 35.5. The van der Waals surface area contributed by atoms with Crippen LogP contribution in [0.15, 0.2) is 46.3 Å². The second-order valence-electron chi connectivity index (χ2n) is 7.23. The quantitative estimate of drug-likeness (QED) is 0.160. The Kier molecular flexibility index (Phi) is 8.22. The SMILES string of the molecule is O=S(O)OCCC[n+]1c(C=C2Sc3ccc(Cl)cc3N2CCS(=O)(=O)O)sc2ccc(Cl)cc21. The molecule has 0 saturated carbocycles. The van der Waals surface area contributed by atoms with E-state index in [0.29, 0.717) is 23.0 Å². The van der Waals surface area contributed by atoms with Crippen molar-refractivity contribution >= 4 is 89.8 Å². The molecule has 4 rings (SSSR count). The van der Waals surface area contributed by atoms with Gasteiger partial charge in [0, 0.05) is 34.0 Å². The fraction of sp³-hybridized carbons (Fsp3) is 0.250. The molecule has 0 saturated heterocycles. The van der Waals surface area contributed by atoms with Crippen LogP contribution in [0, 0.1) is 0 Å². The fourth-order valence-electron chi connectivity index (χ4n) is 3.49. The molecule has 0 fully saturated rings. The van der Waals surface area contributed by atoms with Crippen molar-refractivity contribution in [2.24, 2.45) is 0 Å². The number of nitrogens with zero attached hydrogens (tertiary/aromatic N) is 2. The topological polar surface area (TPSA) is 108 Å². The Labute approximate surface area is 217 Å². The first-order valence-electron chi connectivity index (χ1n) is 9.88. The summed E-state index contributed by atoms with van der Waals surface area (Å²) in [6.07, 6.45) is 2.44. The second-order valence-corrected chi connectivity index (χ2v) is 12.5. The number of halogens is 2. The third-order valence-electron chi connectivity index (χ3n) is 4.91. The Morgan fingerprint density at radius 1 is 1.18 bits per heavy atom. The van der Waals surface area contributed by atoms with Crippen LogP contribution < -0.4 is 9.47 Å². The molecule has 0 spiro atoms. The molecule has 182 valence electrons. The molecule has 0 bridgehead atoms. The number of aromatic nitrogens is 1. The van der Waals surface area contributed by atoms with Crippen molar-refractivity contribution in [1.82, 2.24) is 0 Å². The van der Waals surface area contributed by atoms with Gasteiger partial charge in [0.05, 0.1) is 29.2 Å². The van der Waals surface area contributed by atoms with E-state index in [1.54, 1.807) is 18.2 Å². The van der Waals surface area contributed by atoms with Crippen molar-refractivity contribution in [3.05, 3.63) is 56.5 Å². The molecule has 1 aromatic heterocycles. The van der Waals surface area contributed by atoms with Crippen LogP contribution in [0.4, 0.5) is 5.69 Å². The zero-order chi connectivity index (χ0) is 24.5. The van der Waals surface area contributed by atoms with Crippen LogP contribution in [-0.2, 0) is 32.2 Å². The van der Waals surface area contributed by atoms with E-state index in [0.717, 1.165) is 30.8 Å². The van der Waals surface area contributed by atoms with Crippen molar-refractivity contribution in [3.8, 4) is 0 Å². The molecule has 2 aromatic carbocycles. The van der Waals surface area contributed by atoms with Gasteiger partial charge < -0.3 is 4.90 Å². The molecule has 2 heterocycles. The lowest BCUT2D eigenvalue weighted by Crippen LogP contribution is -2.36. The number of aryl methyl sites for hydroxylation is 1. The van der Waals surface area contributed by atoms with Crippen LogP contribution in [0.3, 0.4) is 0 Å². The van der Waals surface area contributed by atoms with E-state index in [1.165, 1.54) is 23.1 Å². The molecule has 8 nitrogen and oxygen atoms in total. The van der Waals surface area contributed by atoms with Crippen LogP contribution in [0.25, 0.3) is 16.3 Å². The van der Waals surface area contributed by atoms with Gasteiger partial charge in [-0.05, 0) is 30.3 Å². The third kappa shape index (κ3) is 6.31. The summed E-state index contributed by atoms with van der Waals surface area (Å²) in [7, 11) is -4.16. The van der Waals surface area contributed by atoms with Gasteiger partial charge in [-0.25, -0.2) is 0 Å². The van der Waals surface area contributed by atoms with Gasteiger partial charge in [0.1, 0.15) is 4.70 Å². The monoisotopic (exact) mass is 581 g/mol. The molecule has 0 amide bonds. The van der Waals surface area contributed by atoms with Crippen LogP contribution in [0.1, 0.15) is 11.4 Å². The summed E-state index contributed by atoms with van der Waals surface area (Å²) in [6, 6.07) is 11.0. The molecule has 0 aliphatic carbocycles. The number of hydrogen-bond acceptors (Lipinski definition) is 7. The predicted octanol–water partition coefficient (Wildman–Crippen LogP) is 4.84. The largest absolute Gasteiger partial charge is 0.334 e. The Morgan fingerprint density at radius 2 is 1.91 bits per heavy atom. The molecule has 3 aromatic rings. The Hall–Kier alpha value is -1.22. The van der Waals surface area contributed by atoms with Crippen molar-refractivity contribution in [2.75, 3.05) is 23.8 Å². The number of benzene rings is 2. The van der Waals surface area contributed by atoms with E-state index in [-0.39, 0.29) is 13.2 Å². The van der Waals surface area contributed by atoms with E-state index >= 15 is 0 Å². The molecular formula is C20H19Cl2N2O6S4+. The minimum atomic E-state index is -4.16. The van der Waals surface area contributed by atoms with Gasteiger partial charge in [-0.1, -0.05) is 46.3 Å². The van der Waals surface area contributed by atoms with Gasteiger partial charge in [-0.15, -0.1) is 0 Å². The normalized spacial score (nSPS) is 15.9. The highest BCUT2D eigenvalue weighted by Gasteiger charge is 2.29. The van der Waals surface area contributed by atoms with Crippen molar-refractivity contribution < 1.29 is 30.5 Å². The Morgan fingerprint density at radius 3 is 2.65 bits per heavy atom. The van der Waals surface area contributed by atoms with Crippen molar-refractivity contribution in [1.29, 1.82) is 0 Å². The smallest absolute Gasteiger partial charge is 0.301 e. The molecule has 1 aliphatic rings. The summed E-state index contributed by atoms with van der Waals surface area (Å²) in [5, 5.41) is 2.75. The summed E-state index contributed by atoms with van der Waals surface area (Å²) < 4.78 is 59.6. The summed E-state index contributed by atoms with van der Waals surface area (Å²) in [5.41, 5.74) is 1.67. The van der Waals surface area contributed by atoms with Gasteiger partial charge in [0.25, 0.3) is 15.1 Å². The minimum absolute atomic E-state index is 0.0535. The molecule has 2 N–H and O–H groups in total. The molecule has 34 heavy (non-hydrogen) atoms. The van der Waals surface area contributed by atoms with Crippen LogP contribution >= 0.6 is 46.3 Å². The maximum Gasteiger partial charge on any atom is 0.301 e. The Bertz CT molecular complexity index is 1390. The molecule has 1 unspecified atom stereocenters. The number of anilines is 1. The van der Waals surface area contributed by atoms with Gasteiger partial charge in [-0.3, -0.25) is 13.3 Å². The molecular weight excluding hydrogens is 563 g/mol. The van der Waals surface area contributed by atoms with E-state index < -0.39 is 27.2 Å². The first kappa shape index (κ1) is 25.9. The second kappa shape index (κ2) is 10.8. The average Bonchev–Trinajstić information content (AvgIpc) is 3.26. The predicted molar refractivity (Wildman–Crippen MR) is 137 cm³/mol. The van der Waals surface area contributed by atoms with Gasteiger partial charge in [-0.2, -0.15) is 17.2 Å². The van der Waals surface area contributed by atoms with Gasteiger partial charge >= 0.3 is 11.4 Å². The molecule has 14 heteroatoms. The third-order valence-corrected chi connectivity index (χ3v) is 8.68. The average molecular weight is 583 g/mol. The summed E-state index contributed by atoms with van der Waals surface area (Å²) in [5.74, 6) is -0.436. The number of thioether (sulfide) groups is 1. The van der Waals surface area contributed by atoms with Gasteiger partial charge in [0.15, 0.2) is 6.54 Å². The van der Waals surface area contributed by atoms with Crippen LogP contribution in [0.2, 0.25) is 10.0 Å². The number of thiazole rings is 1. The highest BCUT2D eigenvalue weighted by Crippen LogP contribution is 2.47. The van der Waals surface area contributed by atoms with E-state index in [9.17, 15) is 17.2 Å². The maximum atomic E-state index is 11.4. The molecule has 1 atom stereocenters. The van der Waals surface area contributed by atoms with E-state index in [1.807, 2.05) is 33.7 Å². The summed E-state index contributed by atoms with van der Waals surface area (Å²) >= 11 is 13.1. The number of hydrogen-bond donors (Lipinski definition) is 2. The zero-order valence-corrected chi connectivity index (χ0v) is 22.2. The standard InChI is InChI=1S/C20H18Cl2N2O6S4/c21-13-2-4-17-15(10-13)23(6-1-8-30-33(25)26)19(31-17)12-20-24(7-9-34(27,28)29)16-11-14(22)3-5-18(16)32-20/h2-5,10-12H,1,6-9H2,(H-,25,26,27,28,29)/p+1. The number of fused-ring (bicyclic) bond motifs is 2. The van der Waals surface area contributed by atoms with Crippen LogP contribution in [0.5, 0.6) is 0 Å². The highest BCUT2D eigenvalue weighted by molar-refractivity contribution is 8.04. The Balaban J connectivity index is 1.73. The van der Waals surface area contributed by atoms with E-state index in [2.05, 4.69) is 0 Å². The van der Waals surface area contributed by atoms with Crippen molar-refractivity contribution in [3.63, 3.8) is 0 Å². The first-order valence-corrected chi connectivity index (χ1v) is 14.9.